The molecular formula is C17H12N4O5S. The zero-order valence-electron chi connectivity index (χ0n) is 13.7. The van der Waals surface area contributed by atoms with Crippen molar-refractivity contribution in [2.24, 2.45) is 0 Å². The fourth-order valence-corrected chi connectivity index (χ4v) is 3.04. The normalized spacial score (nSPS) is 10.4. The van der Waals surface area contributed by atoms with Gasteiger partial charge in [0.2, 0.25) is 5.91 Å². The number of aromatic nitrogens is 1. The second-order valence-electron chi connectivity index (χ2n) is 5.49. The van der Waals surface area contributed by atoms with Gasteiger partial charge in [0.25, 0.3) is 11.4 Å². The Balaban J connectivity index is 1.63. The van der Waals surface area contributed by atoms with Crippen molar-refractivity contribution in [2.45, 2.75) is 6.42 Å². The summed E-state index contributed by atoms with van der Waals surface area (Å²) in [6, 6.07) is 11.7. The maximum atomic E-state index is 12.1. The number of amides is 1. The van der Waals surface area contributed by atoms with E-state index in [-0.39, 0.29) is 23.7 Å². The molecule has 0 spiro atoms. The van der Waals surface area contributed by atoms with Crippen LogP contribution in [0, 0.1) is 20.2 Å². The first-order chi connectivity index (χ1) is 12.9. The number of anilines is 1. The lowest BCUT2D eigenvalue weighted by Crippen LogP contribution is -2.14. The Kier molecular flexibility index (Phi) is 5.18. The van der Waals surface area contributed by atoms with Gasteiger partial charge in [-0.05, 0) is 17.7 Å². The third kappa shape index (κ3) is 4.50. The number of hydrogen-bond acceptors (Lipinski definition) is 7. The molecule has 0 aliphatic rings. The number of carbonyl (C=O) groups is 1. The Hall–Kier alpha value is -3.66. The van der Waals surface area contributed by atoms with Gasteiger partial charge in [-0.2, -0.15) is 0 Å². The molecule has 10 heteroatoms. The lowest BCUT2D eigenvalue weighted by atomic mass is 10.1. The SMILES string of the molecule is O=C(Cc1ccc([N+](=O)[O-])cc1)Nc1nc(-c2ccc([N+](=O)[O-])cc2)cs1. The zero-order valence-corrected chi connectivity index (χ0v) is 14.5. The van der Waals surface area contributed by atoms with Crippen LogP contribution < -0.4 is 5.32 Å². The molecule has 1 aromatic heterocycles. The number of benzene rings is 2. The van der Waals surface area contributed by atoms with Crippen molar-refractivity contribution in [1.82, 2.24) is 4.98 Å². The van der Waals surface area contributed by atoms with Crippen LogP contribution in [-0.2, 0) is 11.2 Å². The van der Waals surface area contributed by atoms with Crippen LogP contribution in [0.15, 0.2) is 53.9 Å². The predicted molar refractivity (Wildman–Crippen MR) is 99.6 cm³/mol. The van der Waals surface area contributed by atoms with E-state index in [1.54, 1.807) is 17.5 Å². The van der Waals surface area contributed by atoms with Crippen molar-refractivity contribution in [3.8, 4) is 11.3 Å². The molecule has 0 bridgehead atoms. The van der Waals surface area contributed by atoms with Gasteiger partial charge in [0.1, 0.15) is 0 Å². The summed E-state index contributed by atoms with van der Waals surface area (Å²) in [7, 11) is 0. The number of non-ortho nitro benzene ring substituents is 2. The van der Waals surface area contributed by atoms with Crippen molar-refractivity contribution < 1.29 is 14.6 Å². The van der Waals surface area contributed by atoms with Crippen LogP contribution in [0.25, 0.3) is 11.3 Å². The molecular weight excluding hydrogens is 372 g/mol. The predicted octanol–water partition coefficient (Wildman–Crippen LogP) is 3.81. The van der Waals surface area contributed by atoms with E-state index < -0.39 is 9.85 Å². The topological polar surface area (TPSA) is 128 Å². The monoisotopic (exact) mass is 384 g/mol. The molecule has 3 rings (SSSR count). The van der Waals surface area contributed by atoms with E-state index in [4.69, 9.17) is 0 Å². The fraction of sp³-hybridized carbons (Fsp3) is 0.0588. The molecule has 1 N–H and O–H groups in total. The molecule has 0 aliphatic carbocycles. The highest BCUT2D eigenvalue weighted by Crippen LogP contribution is 2.26. The minimum atomic E-state index is -0.501. The maximum Gasteiger partial charge on any atom is 0.269 e. The number of rotatable bonds is 6. The zero-order chi connectivity index (χ0) is 19.4. The largest absolute Gasteiger partial charge is 0.302 e. The van der Waals surface area contributed by atoms with E-state index in [1.807, 2.05) is 0 Å². The third-order valence-corrected chi connectivity index (χ3v) is 4.39. The molecule has 0 radical (unpaired) electrons. The number of nitrogens with zero attached hydrogens (tertiary/aromatic N) is 3. The Labute approximate surface area is 156 Å². The number of nitro benzene ring substituents is 2. The van der Waals surface area contributed by atoms with E-state index in [2.05, 4.69) is 10.3 Å². The average molecular weight is 384 g/mol. The van der Waals surface area contributed by atoms with E-state index in [1.165, 1.54) is 47.7 Å². The number of thiazole rings is 1. The molecule has 0 saturated heterocycles. The van der Waals surface area contributed by atoms with Gasteiger partial charge in [-0.15, -0.1) is 11.3 Å². The van der Waals surface area contributed by atoms with E-state index in [0.717, 1.165) is 0 Å². The van der Waals surface area contributed by atoms with Gasteiger partial charge in [-0.3, -0.25) is 25.0 Å². The molecule has 136 valence electrons. The molecule has 0 saturated carbocycles. The van der Waals surface area contributed by atoms with Gasteiger partial charge in [0.05, 0.1) is 22.0 Å². The van der Waals surface area contributed by atoms with Crippen molar-refractivity contribution in [1.29, 1.82) is 0 Å². The standard InChI is InChI=1S/C17H12N4O5S/c22-16(9-11-1-5-13(6-2-11)20(23)24)19-17-18-15(10-27-17)12-3-7-14(8-4-12)21(25)26/h1-8,10H,9H2,(H,18,19,22). The Bertz CT molecular complexity index is 999. The summed E-state index contributed by atoms with van der Waals surface area (Å²) in [4.78, 5) is 36.8. The molecule has 27 heavy (non-hydrogen) atoms. The van der Waals surface area contributed by atoms with Crippen molar-refractivity contribution in [2.75, 3.05) is 5.32 Å². The van der Waals surface area contributed by atoms with Gasteiger partial charge in [0.15, 0.2) is 5.13 Å². The van der Waals surface area contributed by atoms with Crippen LogP contribution in [0.4, 0.5) is 16.5 Å². The molecule has 1 heterocycles. The molecule has 2 aromatic carbocycles. The summed E-state index contributed by atoms with van der Waals surface area (Å²) in [6.07, 6.45) is 0.0600. The molecule has 0 fully saturated rings. The van der Waals surface area contributed by atoms with Crippen LogP contribution in [0.3, 0.4) is 0 Å². The van der Waals surface area contributed by atoms with Crippen molar-refractivity contribution >= 4 is 33.8 Å². The molecule has 0 aliphatic heterocycles. The Morgan fingerprint density at radius 3 is 2.07 bits per heavy atom. The van der Waals surface area contributed by atoms with Gasteiger partial charge in [0, 0.05) is 35.2 Å². The quantitative estimate of drug-likeness (QED) is 0.508. The average Bonchev–Trinajstić information content (AvgIpc) is 3.10. The van der Waals surface area contributed by atoms with Crippen molar-refractivity contribution in [3.05, 3.63) is 79.7 Å². The fourth-order valence-electron chi connectivity index (χ4n) is 2.30. The Morgan fingerprint density at radius 1 is 0.963 bits per heavy atom. The van der Waals surface area contributed by atoms with E-state index in [9.17, 15) is 25.0 Å². The van der Waals surface area contributed by atoms with Crippen LogP contribution in [0.5, 0.6) is 0 Å². The van der Waals surface area contributed by atoms with Crippen LogP contribution in [-0.4, -0.2) is 20.7 Å². The van der Waals surface area contributed by atoms with E-state index >= 15 is 0 Å². The highest BCUT2D eigenvalue weighted by atomic mass is 32.1. The summed E-state index contributed by atoms with van der Waals surface area (Å²) in [5.74, 6) is -0.298. The lowest BCUT2D eigenvalue weighted by molar-refractivity contribution is -0.385. The summed E-state index contributed by atoms with van der Waals surface area (Å²) in [6.45, 7) is 0. The molecule has 1 amide bonds. The third-order valence-electron chi connectivity index (χ3n) is 3.64. The first-order valence-electron chi connectivity index (χ1n) is 7.66. The van der Waals surface area contributed by atoms with Crippen LogP contribution in [0.1, 0.15) is 5.56 Å². The van der Waals surface area contributed by atoms with Gasteiger partial charge in [-0.1, -0.05) is 12.1 Å². The number of nitro groups is 2. The first kappa shape index (κ1) is 18.1. The highest BCUT2D eigenvalue weighted by Gasteiger charge is 2.11. The number of carbonyl (C=O) groups excluding carboxylic acids is 1. The van der Waals surface area contributed by atoms with Crippen LogP contribution in [0.2, 0.25) is 0 Å². The Morgan fingerprint density at radius 2 is 1.52 bits per heavy atom. The van der Waals surface area contributed by atoms with Gasteiger partial charge in [-0.25, -0.2) is 4.98 Å². The smallest absolute Gasteiger partial charge is 0.269 e. The second-order valence-corrected chi connectivity index (χ2v) is 6.35. The number of nitrogens with one attached hydrogen (secondary N) is 1. The van der Waals surface area contributed by atoms with Gasteiger partial charge < -0.3 is 5.32 Å². The van der Waals surface area contributed by atoms with Crippen LogP contribution >= 0.6 is 11.3 Å². The summed E-state index contributed by atoms with van der Waals surface area (Å²) >= 11 is 1.23. The summed E-state index contributed by atoms with van der Waals surface area (Å²) in [5.41, 5.74) is 1.90. The first-order valence-corrected chi connectivity index (χ1v) is 8.54. The molecule has 3 aromatic rings. The van der Waals surface area contributed by atoms with Crippen molar-refractivity contribution in [3.63, 3.8) is 0 Å². The number of hydrogen-bond donors (Lipinski definition) is 1. The van der Waals surface area contributed by atoms with Gasteiger partial charge >= 0.3 is 0 Å². The maximum absolute atomic E-state index is 12.1. The minimum absolute atomic E-state index is 0.00870. The molecule has 9 nitrogen and oxygen atoms in total. The highest BCUT2D eigenvalue weighted by molar-refractivity contribution is 7.14. The molecule has 0 atom stereocenters. The van der Waals surface area contributed by atoms with E-state index in [0.29, 0.717) is 22.0 Å². The minimum Gasteiger partial charge on any atom is -0.302 e. The second kappa shape index (κ2) is 7.70. The lowest BCUT2D eigenvalue weighted by Gasteiger charge is -2.02. The molecule has 0 unspecified atom stereocenters. The summed E-state index contributed by atoms with van der Waals surface area (Å²) < 4.78 is 0. The summed E-state index contributed by atoms with van der Waals surface area (Å²) in [5, 5.41) is 26.1.